The van der Waals surface area contributed by atoms with Crippen molar-refractivity contribution in [3.8, 4) is 0 Å². The Morgan fingerprint density at radius 2 is 1.65 bits per heavy atom. The lowest BCUT2D eigenvalue weighted by atomic mass is 9.86. The molecule has 1 N–H and O–H groups in total. The minimum Gasteiger partial charge on any atom is -0.481 e. The van der Waals surface area contributed by atoms with Gasteiger partial charge in [-0.1, -0.05) is 34.1 Å². The molecule has 0 saturated heterocycles. The van der Waals surface area contributed by atoms with Crippen molar-refractivity contribution in [3.05, 3.63) is 0 Å². The number of carboxylic acid groups (broad SMARTS) is 1. The Morgan fingerprint density at radius 3 is 2.00 bits per heavy atom. The van der Waals surface area contributed by atoms with Gasteiger partial charge in [0.25, 0.3) is 0 Å². The van der Waals surface area contributed by atoms with Gasteiger partial charge in [-0.25, -0.2) is 0 Å². The first-order valence-electron chi connectivity index (χ1n) is 6.37. The normalized spacial score (nSPS) is 14.4. The molecule has 0 saturated carbocycles. The monoisotopic (exact) mass is 244 g/mol. The highest BCUT2D eigenvalue weighted by Gasteiger charge is 2.27. The number of hydrogen-bond donors (Lipinski definition) is 1. The molecule has 0 aromatic rings. The highest BCUT2D eigenvalue weighted by molar-refractivity contribution is 5.90. The van der Waals surface area contributed by atoms with Crippen molar-refractivity contribution in [2.45, 2.75) is 59.5 Å². The zero-order valence-corrected chi connectivity index (χ0v) is 11.2. The summed E-state index contributed by atoms with van der Waals surface area (Å²) >= 11 is 0. The number of carboxylic acids is 1. The van der Waals surface area contributed by atoms with Crippen LogP contribution < -0.4 is 0 Å². The van der Waals surface area contributed by atoms with Gasteiger partial charge in [0.15, 0.2) is 0 Å². The van der Waals surface area contributed by atoms with E-state index in [1.165, 1.54) is 0 Å². The highest BCUT2D eigenvalue weighted by atomic mass is 16.5. The quantitative estimate of drug-likeness (QED) is 0.526. The lowest BCUT2D eigenvalue weighted by molar-refractivity contribution is -0.160. The van der Waals surface area contributed by atoms with Crippen LogP contribution in [0, 0.1) is 11.8 Å². The summed E-state index contributed by atoms with van der Waals surface area (Å²) in [6, 6.07) is 0. The Morgan fingerprint density at radius 1 is 1.12 bits per heavy atom. The summed E-state index contributed by atoms with van der Waals surface area (Å²) in [5.41, 5.74) is 0. The summed E-state index contributed by atoms with van der Waals surface area (Å²) in [4.78, 5) is 21.9. The summed E-state index contributed by atoms with van der Waals surface area (Å²) in [5.74, 6) is -1.20. The molecule has 0 radical (unpaired) electrons. The van der Waals surface area contributed by atoms with Crippen LogP contribution >= 0.6 is 0 Å². The van der Waals surface area contributed by atoms with Gasteiger partial charge >= 0.3 is 11.9 Å². The van der Waals surface area contributed by atoms with E-state index >= 15 is 0 Å². The van der Waals surface area contributed by atoms with Crippen molar-refractivity contribution >= 4 is 11.9 Å². The van der Waals surface area contributed by atoms with Gasteiger partial charge < -0.3 is 9.84 Å². The molecular formula is C13H24O4. The molecule has 17 heavy (non-hydrogen) atoms. The third-order valence-electron chi connectivity index (χ3n) is 3.28. The van der Waals surface area contributed by atoms with Gasteiger partial charge in [-0.3, -0.25) is 9.59 Å². The van der Waals surface area contributed by atoms with Crippen LogP contribution in [0.2, 0.25) is 0 Å². The maximum absolute atomic E-state index is 11.4. The number of rotatable bonds is 8. The second-order valence-corrected chi connectivity index (χ2v) is 4.49. The first kappa shape index (κ1) is 15.9. The van der Waals surface area contributed by atoms with Gasteiger partial charge in [0.1, 0.15) is 12.5 Å². The minimum atomic E-state index is -1.14. The van der Waals surface area contributed by atoms with Crippen LogP contribution in [-0.4, -0.2) is 23.1 Å². The SMILES string of the molecule is CCC(C)C(OC(=O)CC(=O)O)C(CC)CC. The molecule has 0 rings (SSSR count). The molecule has 0 aromatic heterocycles. The number of carbonyl (C=O) groups excluding carboxylic acids is 1. The largest absolute Gasteiger partial charge is 0.481 e. The average molecular weight is 244 g/mol. The van der Waals surface area contributed by atoms with Gasteiger partial charge in [-0.05, 0) is 24.7 Å². The highest BCUT2D eigenvalue weighted by Crippen LogP contribution is 2.25. The number of aliphatic carboxylic acids is 1. The second kappa shape index (κ2) is 8.09. The lowest BCUT2D eigenvalue weighted by Gasteiger charge is -2.29. The van der Waals surface area contributed by atoms with E-state index in [0.717, 1.165) is 19.3 Å². The fourth-order valence-corrected chi connectivity index (χ4v) is 1.98. The fourth-order valence-electron chi connectivity index (χ4n) is 1.98. The van der Waals surface area contributed by atoms with Crippen LogP contribution in [0.4, 0.5) is 0 Å². The van der Waals surface area contributed by atoms with E-state index in [-0.39, 0.29) is 12.0 Å². The smallest absolute Gasteiger partial charge is 0.317 e. The molecule has 100 valence electrons. The second-order valence-electron chi connectivity index (χ2n) is 4.49. The molecule has 0 fully saturated rings. The molecule has 0 bridgehead atoms. The summed E-state index contributed by atoms with van der Waals surface area (Å²) < 4.78 is 5.34. The van der Waals surface area contributed by atoms with Crippen LogP contribution in [-0.2, 0) is 14.3 Å². The minimum absolute atomic E-state index is 0.165. The van der Waals surface area contributed by atoms with E-state index in [4.69, 9.17) is 9.84 Å². The number of hydrogen-bond acceptors (Lipinski definition) is 3. The maximum atomic E-state index is 11.4. The lowest BCUT2D eigenvalue weighted by Crippen LogP contribution is -2.33. The Labute approximate surface area is 103 Å². The molecule has 2 unspecified atom stereocenters. The standard InChI is InChI=1S/C13H24O4/c1-5-9(4)13(10(6-2)7-3)17-12(16)8-11(14)15/h9-10,13H,5-8H2,1-4H3,(H,14,15). The van der Waals surface area contributed by atoms with Crippen LogP contribution in [0.15, 0.2) is 0 Å². The van der Waals surface area contributed by atoms with Crippen LogP contribution in [0.3, 0.4) is 0 Å². The molecule has 0 aliphatic heterocycles. The third kappa shape index (κ3) is 5.71. The molecular weight excluding hydrogens is 220 g/mol. The van der Waals surface area contributed by atoms with Gasteiger partial charge in [0.2, 0.25) is 0 Å². The zero-order chi connectivity index (χ0) is 13.4. The summed E-state index contributed by atoms with van der Waals surface area (Å²) in [5, 5.41) is 8.54. The molecule has 0 aliphatic carbocycles. The van der Waals surface area contributed by atoms with E-state index in [2.05, 4.69) is 13.8 Å². The molecule has 0 aliphatic rings. The predicted molar refractivity (Wildman–Crippen MR) is 65.7 cm³/mol. The van der Waals surface area contributed by atoms with E-state index in [9.17, 15) is 9.59 Å². The van der Waals surface area contributed by atoms with Gasteiger partial charge in [-0.2, -0.15) is 0 Å². The Bertz CT molecular complexity index is 246. The molecule has 4 heteroatoms. The molecule has 2 atom stereocenters. The maximum Gasteiger partial charge on any atom is 0.317 e. The van der Waals surface area contributed by atoms with Gasteiger partial charge in [-0.15, -0.1) is 0 Å². The van der Waals surface area contributed by atoms with Crippen molar-refractivity contribution in [3.63, 3.8) is 0 Å². The topological polar surface area (TPSA) is 63.6 Å². The van der Waals surface area contributed by atoms with Crippen molar-refractivity contribution in [1.82, 2.24) is 0 Å². The van der Waals surface area contributed by atoms with Crippen molar-refractivity contribution in [1.29, 1.82) is 0 Å². The zero-order valence-electron chi connectivity index (χ0n) is 11.2. The van der Waals surface area contributed by atoms with Crippen LogP contribution in [0.25, 0.3) is 0 Å². The Kier molecular flexibility index (Phi) is 7.59. The Hall–Kier alpha value is -1.06. The van der Waals surface area contributed by atoms with Crippen molar-refractivity contribution in [2.24, 2.45) is 11.8 Å². The number of esters is 1. The number of ether oxygens (including phenoxy) is 1. The van der Waals surface area contributed by atoms with Gasteiger partial charge in [0, 0.05) is 0 Å². The van der Waals surface area contributed by atoms with E-state index in [1.54, 1.807) is 0 Å². The fraction of sp³-hybridized carbons (Fsp3) is 0.846. The predicted octanol–water partition coefficient (Wildman–Crippen LogP) is 2.86. The molecule has 0 spiro atoms. The molecule has 0 heterocycles. The van der Waals surface area contributed by atoms with Crippen LogP contribution in [0.5, 0.6) is 0 Å². The Balaban J connectivity index is 4.58. The molecule has 0 amide bonds. The van der Waals surface area contributed by atoms with Crippen LogP contribution in [0.1, 0.15) is 53.4 Å². The van der Waals surface area contributed by atoms with E-state index in [0.29, 0.717) is 5.92 Å². The molecule has 0 aromatic carbocycles. The van der Waals surface area contributed by atoms with E-state index < -0.39 is 18.4 Å². The molecule has 4 nitrogen and oxygen atoms in total. The van der Waals surface area contributed by atoms with E-state index in [1.807, 2.05) is 13.8 Å². The summed E-state index contributed by atoms with van der Waals surface area (Å²) in [6.07, 6.45) is 2.08. The first-order valence-corrected chi connectivity index (χ1v) is 6.37. The first-order chi connectivity index (χ1) is 7.96. The van der Waals surface area contributed by atoms with Gasteiger partial charge in [0.05, 0.1) is 0 Å². The summed E-state index contributed by atoms with van der Waals surface area (Å²) in [7, 11) is 0. The number of carbonyl (C=O) groups is 2. The summed E-state index contributed by atoms with van der Waals surface area (Å²) in [6.45, 7) is 8.21. The average Bonchev–Trinajstić information content (AvgIpc) is 2.27. The van der Waals surface area contributed by atoms with Crippen molar-refractivity contribution in [2.75, 3.05) is 0 Å². The third-order valence-corrected chi connectivity index (χ3v) is 3.28. The van der Waals surface area contributed by atoms with Crippen molar-refractivity contribution < 1.29 is 19.4 Å².